The molecular formula is C41H28N2. The number of benzene rings is 6. The van der Waals surface area contributed by atoms with E-state index in [0.717, 1.165) is 22.5 Å². The number of rotatable bonds is 4. The lowest BCUT2D eigenvalue weighted by atomic mass is 9.85. The standard InChI is InChI=1S/C41H28N2/c1-27-9-6-10-30(23-27)40-34-12-2-4-14-36(34)41(37-15-5-3-13-35(37)40)31-21-19-28-18-20-29(24-33(28)25-31)38-16-7-17-39(43-38)32-11-8-22-42-26-32/h2-26H,1H3. The van der Waals surface area contributed by atoms with Crippen LogP contribution >= 0.6 is 0 Å². The van der Waals surface area contributed by atoms with Crippen molar-refractivity contribution >= 4 is 32.3 Å². The van der Waals surface area contributed by atoms with Gasteiger partial charge in [-0.3, -0.25) is 4.98 Å². The van der Waals surface area contributed by atoms with E-state index in [1.165, 1.54) is 60.1 Å². The summed E-state index contributed by atoms with van der Waals surface area (Å²) in [5.74, 6) is 0. The van der Waals surface area contributed by atoms with Crippen molar-refractivity contribution in [1.82, 2.24) is 9.97 Å². The van der Waals surface area contributed by atoms with E-state index in [0.29, 0.717) is 0 Å². The molecule has 0 radical (unpaired) electrons. The maximum absolute atomic E-state index is 4.99. The molecule has 2 aromatic heterocycles. The highest BCUT2D eigenvalue weighted by atomic mass is 14.7. The molecule has 8 aromatic rings. The SMILES string of the molecule is Cc1cccc(-c2c3ccccc3c(-c3ccc4ccc(-c5cccc(-c6cccnc6)n5)cc4c3)c3ccccc23)c1. The summed E-state index contributed by atoms with van der Waals surface area (Å²) in [6, 6.07) is 50.2. The summed E-state index contributed by atoms with van der Waals surface area (Å²) >= 11 is 0. The van der Waals surface area contributed by atoms with Gasteiger partial charge in [0.1, 0.15) is 0 Å². The van der Waals surface area contributed by atoms with E-state index >= 15 is 0 Å². The summed E-state index contributed by atoms with van der Waals surface area (Å²) in [4.78, 5) is 9.26. The van der Waals surface area contributed by atoms with Gasteiger partial charge in [-0.25, -0.2) is 4.98 Å². The molecule has 2 heteroatoms. The topological polar surface area (TPSA) is 25.8 Å². The van der Waals surface area contributed by atoms with Crippen LogP contribution in [0, 0.1) is 6.92 Å². The molecule has 0 bridgehead atoms. The zero-order valence-corrected chi connectivity index (χ0v) is 23.8. The van der Waals surface area contributed by atoms with Crippen LogP contribution in [-0.2, 0) is 0 Å². The fourth-order valence-electron chi connectivity index (χ4n) is 6.38. The normalized spacial score (nSPS) is 11.4. The maximum Gasteiger partial charge on any atom is 0.0725 e. The van der Waals surface area contributed by atoms with E-state index in [1.807, 2.05) is 24.4 Å². The second kappa shape index (κ2) is 10.3. The second-order valence-corrected chi connectivity index (χ2v) is 11.1. The highest BCUT2D eigenvalue weighted by molar-refractivity contribution is 6.21. The lowest BCUT2D eigenvalue weighted by molar-refractivity contribution is 1.28. The van der Waals surface area contributed by atoms with Crippen molar-refractivity contribution < 1.29 is 0 Å². The third-order valence-corrected chi connectivity index (χ3v) is 8.37. The number of hydrogen-bond acceptors (Lipinski definition) is 2. The monoisotopic (exact) mass is 548 g/mol. The summed E-state index contributed by atoms with van der Waals surface area (Å²) in [6.45, 7) is 2.16. The van der Waals surface area contributed by atoms with Crippen molar-refractivity contribution in [2.75, 3.05) is 0 Å². The average molecular weight is 549 g/mol. The van der Waals surface area contributed by atoms with Gasteiger partial charge in [-0.05, 0) is 97.9 Å². The molecule has 0 amide bonds. The number of aryl methyl sites for hydroxylation is 1. The van der Waals surface area contributed by atoms with Crippen LogP contribution in [-0.4, -0.2) is 9.97 Å². The first-order chi connectivity index (χ1) is 21.2. The van der Waals surface area contributed by atoms with Crippen LogP contribution in [0.25, 0.3) is 77.1 Å². The van der Waals surface area contributed by atoms with E-state index < -0.39 is 0 Å². The molecule has 2 heterocycles. The van der Waals surface area contributed by atoms with Gasteiger partial charge in [-0.2, -0.15) is 0 Å². The first kappa shape index (κ1) is 25.1. The van der Waals surface area contributed by atoms with Gasteiger partial charge < -0.3 is 0 Å². The Morgan fingerprint density at radius 1 is 0.419 bits per heavy atom. The third-order valence-electron chi connectivity index (χ3n) is 8.37. The van der Waals surface area contributed by atoms with E-state index in [4.69, 9.17) is 4.98 Å². The number of hydrogen-bond donors (Lipinski definition) is 0. The molecule has 0 atom stereocenters. The average Bonchev–Trinajstić information content (AvgIpc) is 3.07. The molecule has 2 nitrogen and oxygen atoms in total. The summed E-state index contributed by atoms with van der Waals surface area (Å²) in [7, 11) is 0. The maximum atomic E-state index is 4.99. The molecule has 0 fully saturated rings. The smallest absolute Gasteiger partial charge is 0.0725 e. The molecule has 0 aliphatic heterocycles. The Hall–Kier alpha value is -5.60. The Bertz CT molecular complexity index is 2240. The highest BCUT2D eigenvalue weighted by Crippen LogP contribution is 2.44. The Morgan fingerprint density at radius 2 is 0.977 bits per heavy atom. The molecular weight excluding hydrogens is 520 g/mol. The van der Waals surface area contributed by atoms with Crippen LogP contribution in [0.3, 0.4) is 0 Å². The highest BCUT2D eigenvalue weighted by Gasteiger charge is 2.17. The zero-order chi connectivity index (χ0) is 28.8. The van der Waals surface area contributed by atoms with Gasteiger partial charge >= 0.3 is 0 Å². The van der Waals surface area contributed by atoms with Crippen molar-refractivity contribution in [2.45, 2.75) is 6.92 Å². The largest absolute Gasteiger partial charge is 0.264 e. The van der Waals surface area contributed by atoms with Crippen LogP contribution in [0.1, 0.15) is 5.56 Å². The van der Waals surface area contributed by atoms with Gasteiger partial charge in [-0.1, -0.05) is 109 Å². The van der Waals surface area contributed by atoms with E-state index in [1.54, 1.807) is 6.20 Å². The summed E-state index contributed by atoms with van der Waals surface area (Å²) < 4.78 is 0. The number of aromatic nitrogens is 2. The number of pyridine rings is 2. The molecule has 0 saturated heterocycles. The van der Waals surface area contributed by atoms with Crippen molar-refractivity contribution in [3.05, 3.63) is 157 Å². The Balaban J connectivity index is 1.33. The van der Waals surface area contributed by atoms with Crippen molar-refractivity contribution in [3.8, 4) is 44.8 Å². The van der Waals surface area contributed by atoms with Crippen molar-refractivity contribution in [1.29, 1.82) is 0 Å². The van der Waals surface area contributed by atoms with Crippen LogP contribution in [0.5, 0.6) is 0 Å². The lowest BCUT2D eigenvalue weighted by Crippen LogP contribution is -1.91. The number of nitrogens with zero attached hydrogens (tertiary/aromatic N) is 2. The molecule has 43 heavy (non-hydrogen) atoms. The fourth-order valence-corrected chi connectivity index (χ4v) is 6.38. The van der Waals surface area contributed by atoms with E-state index in [9.17, 15) is 0 Å². The van der Waals surface area contributed by atoms with Gasteiger partial charge in [0.05, 0.1) is 11.4 Å². The molecule has 202 valence electrons. The van der Waals surface area contributed by atoms with Crippen molar-refractivity contribution in [2.24, 2.45) is 0 Å². The minimum Gasteiger partial charge on any atom is -0.264 e. The third kappa shape index (κ3) is 4.45. The van der Waals surface area contributed by atoms with Gasteiger partial charge in [0.25, 0.3) is 0 Å². The van der Waals surface area contributed by atoms with Crippen LogP contribution in [0.4, 0.5) is 0 Å². The second-order valence-electron chi connectivity index (χ2n) is 11.1. The summed E-state index contributed by atoms with van der Waals surface area (Å²) in [5.41, 5.74) is 10.3. The fraction of sp³-hybridized carbons (Fsp3) is 0.0244. The van der Waals surface area contributed by atoms with Gasteiger partial charge in [0.2, 0.25) is 0 Å². The summed E-state index contributed by atoms with van der Waals surface area (Å²) in [6.07, 6.45) is 3.65. The molecule has 0 aliphatic carbocycles. The first-order valence-electron chi connectivity index (χ1n) is 14.7. The summed E-state index contributed by atoms with van der Waals surface area (Å²) in [5, 5.41) is 7.47. The van der Waals surface area contributed by atoms with E-state index in [2.05, 4.69) is 133 Å². The lowest BCUT2D eigenvalue weighted by Gasteiger charge is -2.18. The minimum absolute atomic E-state index is 0.922. The first-order valence-corrected chi connectivity index (χ1v) is 14.7. The Morgan fingerprint density at radius 3 is 1.60 bits per heavy atom. The minimum atomic E-state index is 0.922. The molecule has 8 rings (SSSR count). The van der Waals surface area contributed by atoms with Gasteiger partial charge in [-0.15, -0.1) is 0 Å². The molecule has 0 spiro atoms. The van der Waals surface area contributed by atoms with Crippen LogP contribution in [0.2, 0.25) is 0 Å². The van der Waals surface area contributed by atoms with Crippen LogP contribution < -0.4 is 0 Å². The Kier molecular flexibility index (Phi) is 6.05. The number of fused-ring (bicyclic) bond motifs is 3. The zero-order valence-electron chi connectivity index (χ0n) is 23.8. The quantitative estimate of drug-likeness (QED) is 0.204. The van der Waals surface area contributed by atoms with Gasteiger partial charge in [0.15, 0.2) is 0 Å². The molecule has 0 unspecified atom stereocenters. The molecule has 0 N–H and O–H groups in total. The molecule has 6 aromatic carbocycles. The predicted octanol–water partition coefficient (Wildman–Crippen LogP) is 10.9. The molecule has 0 aliphatic rings. The van der Waals surface area contributed by atoms with Crippen LogP contribution in [0.15, 0.2) is 152 Å². The van der Waals surface area contributed by atoms with Crippen molar-refractivity contribution in [3.63, 3.8) is 0 Å². The molecule has 0 saturated carbocycles. The van der Waals surface area contributed by atoms with E-state index in [-0.39, 0.29) is 0 Å². The van der Waals surface area contributed by atoms with Gasteiger partial charge in [0, 0.05) is 23.5 Å². The predicted molar refractivity (Wildman–Crippen MR) is 181 cm³/mol. The Labute approximate surface area is 251 Å².